The number of carbonyl (C=O) groups excluding carboxylic acids is 1. The van der Waals surface area contributed by atoms with Gasteiger partial charge in [0, 0.05) is 32.6 Å². The number of carbonyl (C=O) groups is 1. The molecule has 0 bridgehead atoms. The molecule has 0 radical (unpaired) electrons. The minimum atomic E-state index is -0.492. The zero-order valence-corrected chi connectivity index (χ0v) is 14.7. The largest absolute Gasteiger partial charge is 0.335 e. The van der Waals surface area contributed by atoms with Crippen LogP contribution in [-0.2, 0) is 20.6 Å². The Bertz CT molecular complexity index is 1200. The van der Waals surface area contributed by atoms with E-state index < -0.39 is 17.1 Å². The van der Waals surface area contributed by atoms with Crippen LogP contribution in [0.25, 0.3) is 22.2 Å². The van der Waals surface area contributed by atoms with Crippen LogP contribution in [0.15, 0.2) is 33.9 Å². The number of benzene rings is 1. The van der Waals surface area contributed by atoms with Gasteiger partial charge in [-0.05, 0) is 18.1 Å². The molecule has 3 heterocycles. The second-order valence-electron chi connectivity index (χ2n) is 6.98. The Hall–Kier alpha value is -2.96. The molecule has 0 N–H and O–H groups in total. The average Bonchev–Trinajstić information content (AvgIpc) is 2.93. The first-order chi connectivity index (χ1) is 12.3. The van der Waals surface area contributed by atoms with E-state index in [2.05, 4.69) is 0 Å². The molecule has 7 heteroatoms. The first-order valence-corrected chi connectivity index (χ1v) is 8.42. The van der Waals surface area contributed by atoms with E-state index in [1.54, 1.807) is 23.7 Å². The van der Waals surface area contributed by atoms with Gasteiger partial charge in [-0.1, -0.05) is 19.1 Å². The van der Waals surface area contributed by atoms with Crippen molar-refractivity contribution in [2.24, 2.45) is 20.0 Å². The lowest BCUT2D eigenvalue weighted by molar-refractivity contribution is 0.0931. The number of aromatic nitrogens is 3. The smallest absolute Gasteiger partial charge is 0.331 e. The van der Waals surface area contributed by atoms with Crippen LogP contribution in [0.4, 0.5) is 4.39 Å². The van der Waals surface area contributed by atoms with Gasteiger partial charge < -0.3 is 4.57 Å². The van der Waals surface area contributed by atoms with Crippen LogP contribution in [-0.4, -0.2) is 19.5 Å². The molecule has 0 amide bonds. The lowest BCUT2D eigenvalue weighted by Gasteiger charge is -2.22. The van der Waals surface area contributed by atoms with E-state index in [-0.39, 0.29) is 17.1 Å². The summed E-state index contributed by atoms with van der Waals surface area (Å²) < 4.78 is 18.0. The molecule has 6 nitrogen and oxygen atoms in total. The minimum Gasteiger partial charge on any atom is -0.335 e. The minimum absolute atomic E-state index is 0.0880. The molecule has 0 fully saturated rings. The zero-order valence-electron chi connectivity index (χ0n) is 14.7. The number of fused-ring (bicyclic) bond motifs is 3. The molecule has 1 unspecified atom stereocenters. The Balaban J connectivity index is 2.28. The number of Topliss-reactive ketones (excluding diaryl/α,β-unsaturated/α-hetero) is 1. The van der Waals surface area contributed by atoms with Crippen molar-refractivity contribution in [2.45, 2.75) is 19.9 Å². The number of ketones is 1. The van der Waals surface area contributed by atoms with Crippen molar-refractivity contribution in [3.05, 3.63) is 56.6 Å². The second kappa shape index (κ2) is 5.52. The third-order valence-corrected chi connectivity index (χ3v) is 5.06. The average molecular weight is 355 g/mol. The Labute approximate surface area is 148 Å². The number of hydrogen-bond acceptors (Lipinski definition) is 3. The first-order valence-electron chi connectivity index (χ1n) is 8.42. The standard InChI is InChI=1S/C19H18FN3O3/c1-10-7-13(24)16-17-14(18(25)22(3)19(26)21(17)2)15(23(16)9-10)11-5-4-6-12(20)8-11/h4-6,8,10H,7,9H2,1-3H3. The van der Waals surface area contributed by atoms with Gasteiger partial charge in [0.05, 0.1) is 16.6 Å². The number of nitrogens with zero attached hydrogens (tertiary/aromatic N) is 3. The molecule has 1 aliphatic rings. The van der Waals surface area contributed by atoms with Crippen molar-refractivity contribution in [2.75, 3.05) is 0 Å². The van der Waals surface area contributed by atoms with Crippen LogP contribution < -0.4 is 11.2 Å². The monoisotopic (exact) mass is 355 g/mol. The lowest BCUT2D eigenvalue weighted by atomic mass is 9.98. The van der Waals surface area contributed by atoms with Crippen molar-refractivity contribution in [3.63, 3.8) is 0 Å². The van der Waals surface area contributed by atoms with Gasteiger partial charge in [0.25, 0.3) is 5.56 Å². The topological polar surface area (TPSA) is 66.0 Å². The van der Waals surface area contributed by atoms with Crippen LogP contribution in [0.2, 0.25) is 0 Å². The highest BCUT2D eigenvalue weighted by Crippen LogP contribution is 2.36. The maximum absolute atomic E-state index is 13.9. The molecule has 4 rings (SSSR count). The summed E-state index contributed by atoms with van der Waals surface area (Å²) in [6.45, 7) is 2.48. The van der Waals surface area contributed by atoms with E-state index in [1.807, 2.05) is 6.92 Å². The highest BCUT2D eigenvalue weighted by Gasteiger charge is 2.32. The maximum atomic E-state index is 13.9. The van der Waals surface area contributed by atoms with Gasteiger partial charge in [-0.3, -0.25) is 18.7 Å². The summed E-state index contributed by atoms with van der Waals surface area (Å²) in [4.78, 5) is 38.1. The van der Waals surface area contributed by atoms with E-state index in [9.17, 15) is 18.8 Å². The molecule has 1 atom stereocenters. The molecule has 134 valence electrons. The fourth-order valence-electron chi connectivity index (χ4n) is 3.90. The first kappa shape index (κ1) is 16.5. The van der Waals surface area contributed by atoms with Crippen LogP contribution in [0.5, 0.6) is 0 Å². The van der Waals surface area contributed by atoms with Gasteiger partial charge in [-0.15, -0.1) is 0 Å². The van der Waals surface area contributed by atoms with Gasteiger partial charge in [-0.25, -0.2) is 9.18 Å². The van der Waals surface area contributed by atoms with Crippen molar-refractivity contribution in [1.29, 1.82) is 0 Å². The van der Waals surface area contributed by atoms with E-state index in [0.29, 0.717) is 35.4 Å². The SMILES string of the molecule is CC1CC(=O)c2c3c(c(-c4cccc(F)c4)n2C1)c(=O)n(C)c(=O)n3C. The molecule has 2 aromatic heterocycles. The second-order valence-corrected chi connectivity index (χ2v) is 6.98. The molecule has 0 saturated heterocycles. The van der Waals surface area contributed by atoms with E-state index in [0.717, 1.165) is 4.57 Å². The summed E-state index contributed by atoms with van der Waals surface area (Å²) in [6, 6.07) is 5.94. The Morgan fingerprint density at radius 1 is 1.08 bits per heavy atom. The number of hydrogen-bond donors (Lipinski definition) is 0. The molecule has 0 aliphatic carbocycles. The molecule has 1 aromatic carbocycles. The van der Waals surface area contributed by atoms with E-state index >= 15 is 0 Å². The van der Waals surface area contributed by atoms with Crippen molar-refractivity contribution in [1.82, 2.24) is 13.7 Å². The van der Waals surface area contributed by atoms with Crippen molar-refractivity contribution >= 4 is 16.7 Å². The summed E-state index contributed by atoms with van der Waals surface area (Å²) in [5.41, 5.74) is 0.714. The molecular weight excluding hydrogens is 337 g/mol. The van der Waals surface area contributed by atoms with E-state index in [1.165, 1.54) is 23.7 Å². The van der Waals surface area contributed by atoms with Gasteiger partial charge in [0.2, 0.25) is 0 Å². The van der Waals surface area contributed by atoms with Crippen molar-refractivity contribution < 1.29 is 9.18 Å². The summed E-state index contributed by atoms with van der Waals surface area (Å²) in [7, 11) is 2.95. The normalized spacial score (nSPS) is 16.9. The highest BCUT2D eigenvalue weighted by molar-refractivity contribution is 6.11. The Morgan fingerprint density at radius 2 is 1.81 bits per heavy atom. The van der Waals surface area contributed by atoms with Crippen LogP contribution in [0.1, 0.15) is 23.8 Å². The van der Waals surface area contributed by atoms with Crippen LogP contribution >= 0.6 is 0 Å². The molecule has 1 aliphatic heterocycles. The van der Waals surface area contributed by atoms with Gasteiger partial charge in [0.15, 0.2) is 5.78 Å². The number of rotatable bonds is 1. The third-order valence-electron chi connectivity index (χ3n) is 5.06. The summed E-state index contributed by atoms with van der Waals surface area (Å²) in [6.07, 6.45) is 0.352. The molecule has 0 spiro atoms. The lowest BCUT2D eigenvalue weighted by Crippen LogP contribution is -2.37. The molecule has 3 aromatic rings. The van der Waals surface area contributed by atoms with E-state index in [4.69, 9.17) is 0 Å². The zero-order chi connectivity index (χ0) is 18.7. The fourth-order valence-corrected chi connectivity index (χ4v) is 3.90. The fraction of sp³-hybridized carbons (Fsp3) is 0.316. The predicted octanol–water partition coefficient (Wildman–Crippen LogP) is 2.07. The quantitative estimate of drug-likeness (QED) is 0.671. The number of halogens is 1. The molecular formula is C19H18FN3O3. The Kier molecular flexibility index (Phi) is 3.50. The van der Waals surface area contributed by atoms with Crippen molar-refractivity contribution in [3.8, 4) is 11.3 Å². The third kappa shape index (κ3) is 2.13. The van der Waals surface area contributed by atoms with Gasteiger partial charge >= 0.3 is 5.69 Å². The molecule has 0 saturated carbocycles. The van der Waals surface area contributed by atoms with Crippen LogP contribution in [0.3, 0.4) is 0 Å². The van der Waals surface area contributed by atoms with Gasteiger partial charge in [-0.2, -0.15) is 0 Å². The molecule has 26 heavy (non-hydrogen) atoms. The predicted molar refractivity (Wildman–Crippen MR) is 95.9 cm³/mol. The van der Waals surface area contributed by atoms with Crippen LogP contribution in [0, 0.1) is 11.7 Å². The summed E-state index contributed by atoms with van der Waals surface area (Å²) >= 11 is 0. The summed E-state index contributed by atoms with van der Waals surface area (Å²) in [5, 5.41) is 0.276. The number of aryl methyl sites for hydroxylation is 1. The maximum Gasteiger partial charge on any atom is 0.331 e. The highest BCUT2D eigenvalue weighted by atomic mass is 19.1. The van der Waals surface area contributed by atoms with Gasteiger partial charge in [0.1, 0.15) is 11.5 Å². The summed E-state index contributed by atoms with van der Waals surface area (Å²) in [5.74, 6) is -0.451. The Morgan fingerprint density at radius 3 is 2.50 bits per heavy atom.